The summed E-state index contributed by atoms with van der Waals surface area (Å²) < 4.78 is 64.6. The summed E-state index contributed by atoms with van der Waals surface area (Å²) in [5.74, 6) is -1.40. The highest BCUT2D eigenvalue weighted by molar-refractivity contribution is 8.00. The van der Waals surface area contributed by atoms with Gasteiger partial charge >= 0.3 is 6.30 Å². The predicted molar refractivity (Wildman–Crippen MR) is 81.4 cm³/mol. The third-order valence-electron chi connectivity index (χ3n) is 3.37. The van der Waals surface area contributed by atoms with Crippen LogP contribution in [0.1, 0.15) is 20.3 Å². The quantitative estimate of drug-likeness (QED) is 0.768. The molecule has 2 rings (SSSR count). The van der Waals surface area contributed by atoms with Crippen molar-refractivity contribution in [1.82, 2.24) is 4.90 Å². The molecule has 0 N–H and O–H groups in total. The second kappa shape index (κ2) is 6.35. The molecular weight excluding hydrogens is 351 g/mol. The average Bonchev–Trinajstić information content (AvgIpc) is 2.76. The summed E-state index contributed by atoms with van der Waals surface area (Å²) in [7, 11) is -4.15. The molecule has 1 aliphatic heterocycles. The largest absolute Gasteiger partial charge is 0.488 e. The van der Waals surface area contributed by atoms with Crippen LogP contribution in [0.25, 0.3) is 0 Å². The van der Waals surface area contributed by atoms with Crippen molar-refractivity contribution in [3.05, 3.63) is 30.3 Å². The first-order valence-electron chi connectivity index (χ1n) is 6.89. The molecule has 2 atom stereocenters. The van der Waals surface area contributed by atoms with Gasteiger partial charge in [-0.1, -0.05) is 32.0 Å². The summed E-state index contributed by atoms with van der Waals surface area (Å²) in [6.07, 6.45) is -5.27. The van der Waals surface area contributed by atoms with Gasteiger partial charge in [-0.25, -0.2) is 13.3 Å². The van der Waals surface area contributed by atoms with Gasteiger partial charge in [-0.3, -0.25) is 4.79 Å². The first-order valence-corrected chi connectivity index (χ1v) is 9.38. The molecule has 9 heteroatoms. The van der Waals surface area contributed by atoms with Gasteiger partial charge < -0.3 is 0 Å². The third-order valence-corrected chi connectivity index (χ3v) is 6.70. The van der Waals surface area contributed by atoms with Crippen molar-refractivity contribution in [3.8, 4) is 0 Å². The number of rotatable bonds is 4. The number of halogens is 3. The van der Waals surface area contributed by atoms with Gasteiger partial charge in [0.1, 0.15) is 5.25 Å². The van der Waals surface area contributed by atoms with Crippen LogP contribution >= 0.6 is 11.8 Å². The van der Waals surface area contributed by atoms with Gasteiger partial charge in [0.15, 0.2) is 9.84 Å². The number of alkyl halides is 3. The highest BCUT2D eigenvalue weighted by Gasteiger charge is 2.56. The van der Waals surface area contributed by atoms with Crippen molar-refractivity contribution in [2.45, 2.75) is 47.3 Å². The second-order valence-corrected chi connectivity index (χ2v) is 9.29. The van der Waals surface area contributed by atoms with Crippen LogP contribution < -0.4 is 0 Å². The van der Waals surface area contributed by atoms with Crippen molar-refractivity contribution < 1.29 is 26.4 Å². The molecule has 2 unspecified atom stereocenters. The van der Waals surface area contributed by atoms with Gasteiger partial charge in [-0.05, 0) is 12.1 Å². The molecule has 0 aliphatic carbocycles. The van der Waals surface area contributed by atoms with Crippen LogP contribution in [0.4, 0.5) is 13.2 Å². The van der Waals surface area contributed by atoms with Crippen LogP contribution in [-0.4, -0.2) is 41.4 Å². The van der Waals surface area contributed by atoms with E-state index in [4.69, 9.17) is 0 Å². The van der Waals surface area contributed by atoms with Gasteiger partial charge in [0.05, 0.1) is 10.3 Å². The normalized spacial score (nSPS) is 22.9. The Morgan fingerprint density at radius 3 is 2.26 bits per heavy atom. The van der Waals surface area contributed by atoms with E-state index in [0.717, 1.165) is 11.8 Å². The minimum atomic E-state index is -4.90. The fourth-order valence-electron chi connectivity index (χ4n) is 2.44. The minimum Gasteiger partial charge on any atom is -0.273 e. The molecule has 4 nitrogen and oxygen atoms in total. The molecule has 0 spiro atoms. The van der Waals surface area contributed by atoms with Crippen molar-refractivity contribution in [3.63, 3.8) is 0 Å². The van der Waals surface area contributed by atoms with E-state index in [9.17, 15) is 26.4 Å². The number of carbonyl (C=O) groups excluding carboxylic acids is 1. The Balaban J connectivity index is 2.40. The Labute approximate surface area is 137 Å². The first-order chi connectivity index (χ1) is 10.5. The maximum absolute atomic E-state index is 13.2. The molecule has 1 aromatic carbocycles. The van der Waals surface area contributed by atoms with E-state index in [0.29, 0.717) is 0 Å². The highest BCUT2D eigenvalue weighted by Crippen LogP contribution is 2.41. The topological polar surface area (TPSA) is 54.5 Å². The summed E-state index contributed by atoms with van der Waals surface area (Å²) in [6.45, 7) is 3.39. The fraction of sp³-hybridized carbons (Fsp3) is 0.500. The zero-order valence-corrected chi connectivity index (χ0v) is 14.1. The van der Waals surface area contributed by atoms with Gasteiger partial charge in [0, 0.05) is 11.7 Å². The molecule has 1 saturated heterocycles. The molecule has 23 heavy (non-hydrogen) atoms. The number of likely N-dealkylation sites (tertiary alicyclic amines) is 1. The van der Waals surface area contributed by atoms with E-state index in [-0.39, 0.29) is 21.5 Å². The zero-order chi connectivity index (χ0) is 17.4. The summed E-state index contributed by atoms with van der Waals surface area (Å²) in [5, 5.41) is -3.11. The maximum atomic E-state index is 13.2. The molecule has 1 heterocycles. The van der Waals surface area contributed by atoms with Crippen molar-refractivity contribution >= 4 is 27.5 Å². The SMILES string of the molecule is CC(C)SC1CC(S(=O)(=O)c2ccccc2)C(=O)N1C(F)(F)F. The summed E-state index contributed by atoms with van der Waals surface area (Å²) in [6, 6.07) is 7.09. The Kier molecular flexibility index (Phi) is 5.00. The molecule has 128 valence electrons. The summed E-state index contributed by atoms with van der Waals surface area (Å²) >= 11 is 0.936. The van der Waals surface area contributed by atoms with E-state index < -0.39 is 32.7 Å². The molecule has 0 radical (unpaired) electrons. The van der Waals surface area contributed by atoms with Crippen LogP contribution in [0.3, 0.4) is 0 Å². The smallest absolute Gasteiger partial charge is 0.273 e. The van der Waals surface area contributed by atoms with Crippen LogP contribution in [0, 0.1) is 0 Å². The van der Waals surface area contributed by atoms with Crippen LogP contribution in [-0.2, 0) is 14.6 Å². The van der Waals surface area contributed by atoms with Gasteiger partial charge in [0.2, 0.25) is 5.91 Å². The number of sulfone groups is 1. The molecular formula is C14H16F3NO3S2. The molecule has 1 aliphatic rings. The number of carbonyl (C=O) groups is 1. The Hall–Kier alpha value is -1.22. The summed E-state index contributed by atoms with van der Waals surface area (Å²) in [5.41, 5.74) is 0. The van der Waals surface area contributed by atoms with Crippen LogP contribution in [0.15, 0.2) is 35.2 Å². The number of hydrogen-bond acceptors (Lipinski definition) is 4. The fourth-order valence-corrected chi connectivity index (χ4v) is 5.52. The summed E-state index contributed by atoms with van der Waals surface area (Å²) in [4.78, 5) is 11.8. The second-order valence-electron chi connectivity index (χ2n) is 5.40. The number of nitrogens with zero attached hydrogens (tertiary/aromatic N) is 1. The Bertz CT molecular complexity index is 674. The predicted octanol–water partition coefficient (Wildman–Crippen LogP) is 3.05. The third kappa shape index (κ3) is 3.65. The van der Waals surface area contributed by atoms with E-state index in [1.807, 2.05) is 0 Å². The Morgan fingerprint density at radius 2 is 1.78 bits per heavy atom. The number of hydrogen-bond donors (Lipinski definition) is 0. The number of thioether (sulfide) groups is 1. The molecule has 1 amide bonds. The monoisotopic (exact) mass is 367 g/mol. The molecule has 0 aromatic heterocycles. The number of benzene rings is 1. The van der Waals surface area contributed by atoms with Gasteiger partial charge in [0.25, 0.3) is 0 Å². The zero-order valence-electron chi connectivity index (χ0n) is 12.4. The van der Waals surface area contributed by atoms with Crippen LogP contribution in [0.2, 0.25) is 0 Å². The Morgan fingerprint density at radius 1 is 1.22 bits per heavy atom. The van der Waals surface area contributed by atoms with E-state index >= 15 is 0 Å². The lowest BCUT2D eigenvalue weighted by atomic mass is 10.3. The van der Waals surface area contributed by atoms with Crippen LogP contribution in [0.5, 0.6) is 0 Å². The lowest BCUT2D eigenvalue weighted by molar-refractivity contribution is -0.237. The molecule has 1 fully saturated rings. The standard InChI is InChI=1S/C14H16F3NO3S2/c1-9(2)22-12-8-11(13(19)18(12)14(15,16)17)23(20,21)10-6-4-3-5-7-10/h3-7,9,11-12H,8H2,1-2H3. The maximum Gasteiger partial charge on any atom is 0.488 e. The lowest BCUT2D eigenvalue weighted by Crippen LogP contribution is -2.45. The van der Waals surface area contributed by atoms with Crippen molar-refractivity contribution in [1.29, 1.82) is 0 Å². The van der Waals surface area contributed by atoms with Crippen molar-refractivity contribution in [2.24, 2.45) is 0 Å². The number of amides is 1. The highest BCUT2D eigenvalue weighted by atomic mass is 32.2. The molecule has 0 saturated carbocycles. The molecule has 0 bridgehead atoms. The average molecular weight is 367 g/mol. The van der Waals surface area contributed by atoms with E-state index in [1.165, 1.54) is 24.3 Å². The minimum absolute atomic E-state index is 0.143. The first kappa shape index (κ1) is 18.1. The van der Waals surface area contributed by atoms with E-state index in [2.05, 4.69) is 0 Å². The van der Waals surface area contributed by atoms with E-state index in [1.54, 1.807) is 19.9 Å². The molecule has 1 aromatic rings. The van der Waals surface area contributed by atoms with Gasteiger partial charge in [-0.2, -0.15) is 0 Å². The van der Waals surface area contributed by atoms with Crippen molar-refractivity contribution in [2.75, 3.05) is 0 Å². The van der Waals surface area contributed by atoms with Gasteiger partial charge in [-0.15, -0.1) is 24.9 Å². The lowest BCUT2D eigenvalue weighted by Gasteiger charge is -2.27.